The minimum atomic E-state index is -3.72. The Kier molecular flexibility index (Phi) is 7.09. The van der Waals surface area contributed by atoms with E-state index in [1.807, 2.05) is 4.90 Å². The summed E-state index contributed by atoms with van der Waals surface area (Å²) in [5.74, 6) is -1.21. The molecule has 0 aromatic heterocycles. The van der Waals surface area contributed by atoms with E-state index < -0.39 is 21.8 Å². The van der Waals surface area contributed by atoms with Gasteiger partial charge in [-0.3, -0.25) is 14.5 Å². The molecule has 1 aliphatic heterocycles. The predicted molar refractivity (Wildman–Crippen MR) is 94.6 cm³/mol. The average Bonchev–Trinajstić information content (AvgIpc) is 2.61. The Balaban J connectivity index is 1.75. The first kappa shape index (κ1) is 20.3. The molecule has 1 heterocycles. The first-order chi connectivity index (χ1) is 12.3. The molecule has 1 saturated heterocycles. The number of benzene rings is 1. The fourth-order valence-electron chi connectivity index (χ4n) is 2.70. The normalized spacial score (nSPS) is 15.7. The molecular formula is C16H24N4O5S. The Morgan fingerprint density at radius 1 is 1.12 bits per heavy atom. The van der Waals surface area contributed by atoms with E-state index in [0.29, 0.717) is 39.1 Å². The lowest BCUT2D eigenvalue weighted by Gasteiger charge is -2.33. The first-order valence-electron chi connectivity index (χ1n) is 8.33. The number of sulfonamides is 1. The van der Waals surface area contributed by atoms with Gasteiger partial charge in [0.25, 0.3) is 0 Å². The number of β-amino-alcohol motifs (C(OH)–C–C–N with tert-alkyl or cyclic N) is 1. The van der Waals surface area contributed by atoms with Gasteiger partial charge in [0, 0.05) is 39.3 Å². The number of aliphatic hydroxyl groups is 1. The van der Waals surface area contributed by atoms with E-state index in [1.54, 1.807) is 12.1 Å². The number of carbonyl (C=O) groups is 2. The van der Waals surface area contributed by atoms with E-state index in [1.165, 1.54) is 17.0 Å². The summed E-state index contributed by atoms with van der Waals surface area (Å²) in [7, 11) is -3.72. The maximum Gasteiger partial charge on any atom is 0.311 e. The largest absolute Gasteiger partial charge is 0.395 e. The summed E-state index contributed by atoms with van der Waals surface area (Å²) in [5, 5.41) is 16.5. The van der Waals surface area contributed by atoms with Crippen LogP contribution in [-0.2, 0) is 26.0 Å². The molecule has 4 N–H and O–H groups in total. The third-order valence-electron chi connectivity index (χ3n) is 4.22. The minimum Gasteiger partial charge on any atom is -0.395 e. The highest BCUT2D eigenvalue weighted by Gasteiger charge is 2.25. The van der Waals surface area contributed by atoms with Gasteiger partial charge in [0.05, 0.1) is 11.5 Å². The number of nitrogens with two attached hydrogens (primary N) is 1. The Labute approximate surface area is 152 Å². The summed E-state index contributed by atoms with van der Waals surface area (Å²) < 4.78 is 22.4. The molecule has 1 aromatic rings. The smallest absolute Gasteiger partial charge is 0.311 e. The molecule has 0 bridgehead atoms. The second kappa shape index (κ2) is 9.08. The molecular weight excluding hydrogens is 360 g/mol. The van der Waals surface area contributed by atoms with Gasteiger partial charge in [-0.2, -0.15) is 0 Å². The zero-order valence-electron chi connectivity index (χ0n) is 14.4. The number of hydrogen-bond acceptors (Lipinski definition) is 6. The van der Waals surface area contributed by atoms with Crippen LogP contribution in [0.4, 0.5) is 0 Å². The third kappa shape index (κ3) is 5.77. The maximum absolute atomic E-state index is 12.1. The molecule has 0 atom stereocenters. The van der Waals surface area contributed by atoms with E-state index in [9.17, 15) is 18.0 Å². The molecule has 0 radical (unpaired) electrons. The minimum absolute atomic E-state index is 0.0285. The highest BCUT2D eigenvalue weighted by atomic mass is 32.2. The fourth-order valence-corrected chi connectivity index (χ4v) is 3.22. The van der Waals surface area contributed by atoms with Gasteiger partial charge in [0.15, 0.2) is 0 Å². The lowest BCUT2D eigenvalue weighted by Crippen LogP contribution is -2.53. The summed E-state index contributed by atoms with van der Waals surface area (Å²) in [6.45, 7) is 3.10. The Bertz CT molecular complexity index is 728. The van der Waals surface area contributed by atoms with Crippen molar-refractivity contribution in [3.8, 4) is 0 Å². The highest BCUT2D eigenvalue weighted by molar-refractivity contribution is 7.89. The molecule has 2 rings (SSSR count). The molecule has 0 saturated carbocycles. The SMILES string of the molecule is NS(=O)(=O)c1ccc(CCNC(=O)C(=O)N2CCN(CCO)CC2)cc1. The summed E-state index contributed by atoms with van der Waals surface area (Å²) in [6, 6.07) is 6.05. The van der Waals surface area contributed by atoms with Crippen molar-refractivity contribution >= 4 is 21.8 Å². The second-order valence-electron chi connectivity index (χ2n) is 6.05. The van der Waals surface area contributed by atoms with Crippen LogP contribution in [0.3, 0.4) is 0 Å². The lowest BCUT2D eigenvalue weighted by molar-refractivity contribution is -0.147. The van der Waals surface area contributed by atoms with Gasteiger partial charge in [-0.1, -0.05) is 12.1 Å². The van der Waals surface area contributed by atoms with Crippen LogP contribution < -0.4 is 10.5 Å². The predicted octanol–water partition coefficient (Wildman–Crippen LogP) is -1.87. The number of carbonyl (C=O) groups excluding carboxylic acids is 2. The monoisotopic (exact) mass is 384 g/mol. The van der Waals surface area contributed by atoms with E-state index in [2.05, 4.69) is 5.32 Å². The van der Waals surface area contributed by atoms with Crippen molar-refractivity contribution in [2.45, 2.75) is 11.3 Å². The number of rotatable bonds is 6. The van der Waals surface area contributed by atoms with Crippen LogP contribution in [0.5, 0.6) is 0 Å². The lowest BCUT2D eigenvalue weighted by atomic mass is 10.1. The van der Waals surface area contributed by atoms with Crippen molar-refractivity contribution in [1.82, 2.24) is 15.1 Å². The summed E-state index contributed by atoms with van der Waals surface area (Å²) >= 11 is 0. The van der Waals surface area contributed by atoms with Crippen LogP contribution in [0, 0.1) is 0 Å². The van der Waals surface area contributed by atoms with Gasteiger partial charge in [0.2, 0.25) is 10.0 Å². The van der Waals surface area contributed by atoms with E-state index in [-0.39, 0.29) is 18.0 Å². The molecule has 9 nitrogen and oxygen atoms in total. The second-order valence-corrected chi connectivity index (χ2v) is 7.61. The van der Waals surface area contributed by atoms with Crippen LogP contribution in [0.1, 0.15) is 5.56 Å². The fraction of sp³-hybridized carbons (Fsp3) is 0.500. The number of piperazine rings is 1. The van der Waals surface area contributed by atoms with Crippen LogP contribution >= 0.6 is 0 Å². The van der Waals surface area contributed by atoms with Gasteiger partial charge in [-0.25, -0.2) is 13.6 Å². The molecule has 1 aromatic carbocycles. The van der Waals surface area contributed by atoms with Gasteiger partial charge in [-0.15, -0.1) is 0 Å². The number of aliphatic hydroxyl groups excluding tert-OH is 1. The molecule has 26 heavy (non-hydrogen) atoms. The van der Waals surface area contributed by atoms with E-state index in [4.69, 9.17) is 10.2 Å². The molecule has 2 amide bonds. The summed E-state index contributed by atoms with van der Waals surface area (Å²) in [5.41, 5.74) is 0.822. The van der Waals surface area contributed by atoms with Crippen molar-refractivity contribution in [3.05, 3.63) is 29.8 Å². The van der Waals surface area contributed by atoms with Crippen molar-refractivity contribution in [2.24, 2.45) is 5.14 Å². The van der Waals surface area contributed by atoms with Crippen LogP contribution in [0.25, 0.3) is 0 Å². The Morgan fingerprint density at radius 2 is 1.73 bits per heavy atom. The van der Waals surface area contributed by atoms with Crippen molar-refractivity contribution in [1.29, 1.82) is 0 Å². The van der Waals surface area contributed by atoms with E-state index in [0.717, 1.165) is 5.56 Å². The van der Waals surface area contributed by atoms with Gasteiger partial charge in [0.1, 0.15) is 0 Å². The molecule has 0 aliphatic carbocycles. The highest BCUT2D eigenvalue weighted by Crippen LogP contribution is 2.09. The van der Waals surface area contributed by atoms with Crippen molar-refractivity contribution in [3.63, 3.8) is 0 Å². The van der Waals surface area contributed by atoms with Gasteiger partial charge in [-0.05, 0) is 24.1 Å². The molecule has 1 aliphatic rings. The zero-order chi connectivity index (χ0) is 19.2. The third-order valence-corrected chi connectivity index (χ3v) is 5.15. The maximum atomic E-state index is 12.1. The number of nitrogens with zero attached hydrogens (tertiary/aromatic N) is 2. The van der Waals surface area contributed by atoms with Gasteiger partial charge < -0.3 is 15.3 Å². The molecule has 0 spiro atoms. The first-order valence-corrected chi connectivity index (χ1v) is 9.88. The summed E-state index contributed by atoms with van der Waals surface area (Å²) in [6.07, 6.45) is 0.466. The Hall–Kier alpha value is -2.01. The van der Waals surface area contributed by atoms with Crippen molar-refractivity contribution < 1.29 is 23.1 Å². The average molecular weight is 384 g/mol. The molecule has 0 unspecified atom stereocenters. The molecule has 144 valence electrons. The standard InChI is InChI=1S/C16H24N4O5S/c17-26(24,25)14-3-1-13(2-4-14)5-6-18-15(22)16(23)20-9-7-19(8-10-20)11-12-21/h1-4,21H,5-12H2,(H,18,22)(H2,17,24,25). The van der Waals surface area contributed by atoms with Crippen LogP contribution in [0.15, 0.2) is 29.2 Å². The van der Waals surface area contributed by atoms with Crippen molar-refractivity contribution in [2.75, 3.05) is 45.9 Å². The van der Waals surface area contributed by atoms with Crippen LogP contribution in [0.2, 0.25) is 0 Å². The van der Waals surface area contributed by atoms with Gasteiger partial charge >= 0.3 is 11.8 Å². The molecule has 10 heteroatoms. The number of amides is 2. The summed E-state index contributed by atoms with van der Waals surface area (Å²) in [4.78, 5) is 27.7. The van der Waals surface area contributed by atoms with Crippen LogP contribution in [-0.4, -0.2) is 81.0 Å². The Morgan fingerprint density at radius 3 is 2.27 bits per heavy atom. The van der Waals surface area contributed by atoms with E-state index >= 15 is 0 Å². The molecule has 1 fully saturated rings. The number of nitrogens with one attached hydrogen (secondary N) is 1. The zero-order valence-corrected chi connectivity index (χ0v) is 15.2. The quantitative estimate of drug-likeness (QED) is 0.492. The number of hydrogen-bond donors (Lipinski definition) is 3. The topological polar surface area (TPSA) is 133 Å². The number of primary sulfonamides is 1.